The molecule has 1 amide bonds. The molecule has 0 atom stereocenters. The molecule has 2 aromatic rings. The van der Waals surface area contributed by atoms with Crippen molar-refractivity contribution < 1.29 is 9.59 Å². The Morgan fingerprint density at radius 2 is 2.05 bits per heavy atom. The molecule has 7 heteroatoms. The van der Waals surface area contributed by atoms with Gasteiger partial charge >= 0.3 is 0 Å². The van der Waals surface area contributed by atoms with E-state index in [4.69, 9.17) is 11.5 Å². The topological polar surface area (TPSA) is 111 Å². The average Bonchev–Trinajstić information content (AvgIpc) is 2.84. The summed E-state index contributed by atoms with van der Waals surface area (Å²) < 4.78 is 0. The fourth-order valence-corrected chi connectivity index (χ4v) is 2.26. The van der Waals surface area contributed by atoms with E-state index in [1.54, 1.807) is 29.6 Å². The maximum Gasteiger partial charge on any atom is 0.238 e. The van der Waals surface area contributed by atoms with Gasteiger partial charge in [-0.15, -0.1) is 11.3 Å². The quantitative estimate of drug-likeness (QED) is 0.713. The summed E-state index contributed by atoms with van der Waals surface area (Å²) in [5.41, 5.74) is 12.3. The zero-order valence-corrected chi connectivity index (χ0v) is 11.4. The average molecular weight is 290 g/mol. The predicted octanol–water partition coefficient (Wildman–Crippen LogP) is 1.05. The molecule has 0 unspecified atom stereocenters. The molecule has 0 bridgehead atoms. The van der Waals surface area contributed by atoms with Gasteiger partial charge in [-0.3, -0.25) is 9.59 Å². The van der Waals surface area contributed by atoms with Crippen LogP contribution in [0.3, 0.4) is 0 Å². The molecule has 0 spiro atoms. The minimum atomic E-state index is -0.344. The Balaban J connectivity index is 2.19. The van der Waals surface area contributed by atoms with Crippen LogP contribution in [-0.4, -0.2) is 23.2 Å². The Labute approximate surface area is 119 Å². The van der Waals surface area contributed by atoms with Gasteiger partial charge in [0.2, 0.25) is 5.91 Å². The van der Waals surface area contributed by atoms with Crippen molar-refractivity contribution in [2.24, 2.45) is 5.73 Å². The lowest BCUT2D eigenvalue weighted by Gasteiger charge is -2.09. The summed E-state index contributed by atoms with van der Waals surface area (Å²) in [6.45, 7) is -0.134. The number of thiazole rings is 1. The highest BCUT2D eigenvalue weighted by molar-refractivity contribution is 7.13. The van der Waals surface area contributed by atoms with Crippen LogP contribution in [0.4, 0.5) is 10.8 Å². The fraction of sp³-hybridized carbons (Fsp3) is 0.154. The Kier molecular flexibility index (Phi) is 4.44. The molecule has 0 aliphatic carbocycles. The summed E-state index contributed by atoms with van der Waals surface area (Å²) in [6, 6.07) is 6.80. The molecule has 0 saturated heterocycles. The van der Waals surface area contributed by atoms with E-state index in [-0.39, 0.29) is 24.7 Å². The van der Waals surface area contributed by atoms with E-state index in [1.807, 2.05) is 0 Å². The van der Waals surface area contributed by atoms with Crippen LogP contribution in [-0.2, 0) is 11.2 Å². The summed E-state index contributed by atoms with van der Waals surface area (Å²) in [4.78, 5) is 27.6. The van der Waals surface area contributed by atoms with Gasteiger partial charge in [0.25, 0.3) is 0 Å². The Morgan fingerprint density at radius 1 is 1.30 bits per heavy atom. The lowest BCUT2D eigenvalue weighted by atomic mass is 10.0. The van der Waals surface area contributed by atoms with E-state index in [0.29, 0.717) is 22.1 Å². The van der Waals surface area contributed by atoms with Gasteiger partial charge in [0, 0.05) is 10.9 Å². The van der Waals surface area contributed by atoms with Crippen molar-refractivity contribution in [3.05, 3.63) is 40.9 Å². The smallest absolute Gasteiger partial charge is 0.238 e. The third-order valence-electron chi connectivity index (χ3n) is 2.60. The number of hydrogen-bond donors (Lipinski definition) is 3. The standard InChI is InChI=1S/C13H14N4O2S/c14-6-12(19)17-10-4-2-1-3-9(10)11(18)5-8-7-20-13(15)16-8/h1-4,7H,5-6,14H2,(H2,15,16)(H,17,19). The number of hydrogen-bond acceptors (Lipinski definition) is 6. The number of amides is 1. The maximum absolute atomic E-state index is 12.3. The molecule has 2 rings (SSSR count). The molecule has 0 aliphatic heterocycles. The number of aromatic nitrogens is 1. The first-order chi connectivity index (χ1) is 9.60. The van der Waals surface area contributed by atoms with Crippen LogP contribution >= 0.6 is 11.3 Å². The molecule has 0 saturated carbocycles. The molecule has 1 heterocycles. The Bertz CT molecular complexity index is 639. The number of nitrogen functional groups attached to an aromatic ring is 1. The van der Waals surface area contributed by atoms with Gasteiger partial charge in [0.15, 0.2) is 10.9 Å². The van der Waals surface area contributed by atoms with E-state index in [1.165, 1.54) is 11.3 Å². The summed E-state index contributed by atoms with van der Waals surface area (Å²) in [5, 5.41) is 4.78. The van der Waals surface area contributed by atoms with Crippen LogP contribution in [0.5, 0.6) is 0 Å². The lowest BCUT2D eigenvalue weighted by Crippen LogP contribution is -2.23. The van der Waals surface area contributed by atoms with Crippen molar-refractivity contribution in [1.29, 1.82) is 0 Å². The van der Waals surface area contributed by atoms with Crippen molar-refractivity contribution >= 4 is 33.8 Å². The van der Waals surface area contributed by atoms with Crippen LogP contribution in [0, 0.1) is 0 Å². The Morgan fingerprint density at radius 3 is 2.70 bits per heavy atom. The summed E-state index contributed by atoms with van der Waals surface area (Å²) in [7, 11) is 0. The van der Waals surface area contributed by atoms with Crippen LogP contribution in [0.25, 0.3) is 0 Å². The van der Waals surface area contributed by atoms with Crippen LogP contribution in [0.15, 0.2) is 29.6 Å². The second-order valence-electron chi connectivity index (χ2n) is 4.07. The zero-order chi connectivity index (χ0) is 14.5. The highest BCUT2D eigenvalue weighted by atomic mass is 32.1. The van der Waals surface area contributed by atoms with Crippen molar-refractivity contribution in [2.75, 3.05) is 17.6 Å². The number of Topliss-reactive ketones (excluding diaryl/α,β-unsaturated/α-hetero) is 1. The predicted molar refractivity (Wildman–Crippen MR) is 78.7 cm³/mol. The number of nitrogens with one attached hydrogen (secondary N) is 1. The van der Waals surface area contributed by atoms with Gasteiger partial charge < -0.3 is 16.8 Å². The molecule has 6 nitrogen and oxygen atoms in total. The largest absolute Gasteiger partial charge is 0.375 e. The van der Waals surface area contributed by atoms with Gasteiger partial charge in [0.1, 0.15) is 0 Å². The van der Waals surface area contributed by atoms with E-state index in [0.717, 1.165) is 0 Å². The van der Waals surface area contributed by atoms with Crippen molar-refractivity contribution in [3.63, 3.8) is 0 Å². The third-order valence-corrected chi connectivity index (χ3v) is 3.32. The summed E-state index contributed by atoms with van der Waals surface area (Å²) >= 11 is 1.29. The third kappa shape index (κ3) is 3.40. The molecule has 104 valence electrons. The fourth-order valence-electron chi connectivity index (χ4n) is 1.70. The number of para-hydroxylation sites is 1. The van der Waals surface area contributed by atoms with E-state index < -0.39 is 0 Å². The minimum absolute atomic E-state index is 0.134. The summed E-state index contributed by atoms with van der Waals surface area (Å²) in [6.07, 6.45) is 0.142. The zero-order valence-electron chi connectivity index (χ0n) is 10.6. The van der Waals surface area contributed by atoms with E-state index >= 15 is 0 Å². The van der Waals surface area contributed by atoms with E-state index in [2.05, 4.69) is 10.3 Å². The molecule has 1 aromatic heterocycles. The van der Waals surface area contributed by atoms with Crippen molar-refractivity contribution in [2.45, 2.75) is 6.42 Å². The number of nitrogens with zero attached hydrogens (tertiary/aromatic N) is 1. The normalized spacial score (nSPS) is 10.2. The Hall–Kier alpha value is -2.25. The van der Waals surface area contributed by atoms with Crippen LogP contribution in [0.1, 0.15) is 16.1 Å². The monoisotopic (exact) mass is 290 g/mol. The second kappa shape index (κ2) is 6.27. The van der Waals surface area contributed by atoms with Crippen LogP contribution < -0.4 is 16.8 Å². The van der Waals surface area contributed by atoms with Gasteiger partial charge in [-0.05, 0) is 12.1 Å². The molecule has 1 aromatic carbocycles. The van der Waals surface area contributed by atoms with Crippen LogP contribution in [0.2, 0.25) is 0 Å². The van der Waals surface area contributed by atoms with Crippen molar-refractivity contribution in [1.82, 2.24) is 4.98 Å². The molecule has 5 N–H and O–H groups in total. The SMILES string of the molecule is NCC(=O)Nc1ccccc1C(=O)Cc1csc(N)n1. The molecular formula is C13H14N4O2S. The first-order valence-electron chi connectivity index (χ1n) is 5.92. The number of carbonyl (C=O) groups excluding carboxylic acids is 2. The maximum atomic E-state index is 12.3. The van der Waals surface area contributed by atoms with Gasteiger partial charge in [-0.25, -0.2) is 4.98 Å². The lowest BCUT2D eigenvalue weighted by molar-refractivity contribution is -0.114. The van der Waals surface area contributed by atoms with Crippen molar-refractivity contribution in [3.8, 4) is 0 Å². The second-order valence-corrected chi connectivity index (χ2v) is 4.96. The number of nitrogens with two attached hydrogens (primary N) is 2. The van der Waals surface area contributed by atoms with Gasteiger partial charge in [-0.2, -0.15) is 0 Å². The highest BCUT2D eigenvalue weighted by Crippen LogP contribution is 2.19. The first-order valence-corrected chi connectivity index (χ1v) is 6.80. The molecular weight excluding hydrogens is 276 g/mol. The summed E-state index contributed by atoms with van der Waals surface area (Å²) in [5.74, 6) is -0.480. The number of rotatable bonds is 5. The number of benzene rings is 1. The van der Waals surface area contributed by atoms with E-state index in [9.17, 15) is 9.59 Å². The first kappa shape index (κ1) is 14.2. The minimum Gasteiger partial charge on any atom is -0.375 e. The number of anilines is 2. The number of carbonyl (C=O) groups is 2. The van der Waals surface area contributed by atoms with Gasteiger partial charge in [0.05, 0.1) is 24.3 Å². The molecule has 0 radical (unpaired) electrons. The molecule has 0 fully saturated rings. The number of ketones is 1. The molecule has 20 heavy (non-hydrogen) atoms. The molecule has 0 aliphatic rings. The highest BCUT2D eigenvalue weighted by Gasteiger charge is 2.14. The van der Waals surface area contributed by atoms with Gasteiger partial charge in [-0.1, -0.05) is 12.1 Å².